The molecule has 0 bridgehead atoms. The Morgan fingerprint density at radius 3 is 2.30 bits per heavy atom. The molecule has 20 heavy (non-hydrogen) atoms. The van der Waals surface area contributed by atoms with E-state index in [4.69, 9.17) is 23.2 Å². The second-order valence-electron chi connectivity index (χ2n) is 4.19. The Morgan fingerprint density at radius 1 is 1.00 bits per heavy atom. The van der Waals surface area contributed by atoms with E-state index in [2.05, 4.69) is 0 Å². The second-order valence-corrected chi connectivity index (χ2v) is 5.04. The molecule has 0 aliphatic carbocycles. The zero-order chi connectivity index (χ0) is 14.9. The molecule has 1 atom stereocenters. The molecule has 0 heterocycles. The van der Waals surface area contributed by atoms with Crippen LogP contribution in [0.15, 0.2) is 42.5 Å². The van der Waals surface area contributed by atoms with Gasteiger partial charge in [0, 0.05) is 15.6 Å². The van der Waals surface area contributed by atoms with Crippen molar-refractivity contribution in [3.63, 3.8) is 0 Å². The Kier molecular flexibility index (Phi) is 4.28. The molecule has 0 radical (unpaired) electrons. The van der Waals surface area contributed by atoms with E-state index in [0.29, 0.717) is 10.6 Å². The molecule has 0 aliphatic rings. The third-order valence-electron chi connectivity index (χ3n) is 2.79. The summed E-state index contributed by atoms with van der Waals surface area (Å²) in [5.74, 6) is 0. The van der Waals surface area contributed by atoms with E-state index < -0.39 is 17.8 Å². The van der Waals surface area contributed by atoms with Crippen molar-refractivity contribution in [2.45, 2.75) is 12.3 Å². The highest BCUT2D eigenvalue weighted by Gasteiger charge is 2.31. The number of rotatable bonds is 2. The zero-order valence-electron chi connectivity index (χ0n) is 9.96. The van der Waals surface area contributed by atoms with Crippen LogP contribution in [-0.4, -0.2) is 5.11 Å². The van der Waals surface area contributed by atoms with Gasteiger partial charge in [-0.2, -0.15) is 13.2 Å². The number of benzene rings is 2. The molecule has 1 nitrogen and oxygen atoms in total. The van der Waals surface area contributed by atoms with Gasteiger partial charge in [0.05, 0.1) is 5.56 Å². The van der Waals surface area contributed by atoms with Crippen molar-refractivity contribution in [1.82, 2.24) is 0 Å². The molecule has 1 N–H and O–H groups in total. The number of hydrogen-bond acceptors (Lipinski definition) is 1. The Hall–Kier alpha value is -1.23. The van der Waals surface area contributed by atoms with Crippen LogP contribution in [0.4, 0.5) is 13.2 Å². The number of alkyl halides is 3. The molecular weight excluding hydrogens is 312 g/mol. The van der Waals surface area contributed by atoms with Gasteiger partial charge in [0.15, 0.2) is 0 Å². The third-order valence-corrected chi connectivity index (χ3v) is 3.35. The predicted molar refractivity (Wildman–Crippen MR) is 72.0 cm³/mol. The van der Waals surface area contributed by atoms with E-state index in [1.807, 2.05) is 0 Å². The van der Waals surface area contributed by atoms with Gasteiger partial charge in [-0.05, 0) is 29.8 Å². The Bertz CT molecular complexity index is 626. The fourth-order valence-electron chi connectivity index (χ4n) is 1.79. The minimum atomic E-state index is -4.46. The van der Waals surface area contributed by atoms with Gasteiger partial charge >= 0.3 is 6.18 Å². The zero-order valence-corrected chi connectivity index (χ0v) is 11.5. The summed E-state index contributed by atoms with van der Waals surface area (Å²) in [6.45, 7) is 0. The summed E-state index contributed by atoms with van der Waals surface area (Å²) in [6.07, 6.45) is -5.71. The normalized spacial score (nSPS) is 13.3. The van der Waals surface area contributed by atoms with Crippen LogP contribution in [0.3, 0.4) is 0 Å². The fourth-order valence-corrected chi connectivity index (χ4v) is 2.30. The van der Waals surface area contributed by atoms with Crippen LogP contribution in [0.2, 0.25) is 10.0 Å². The quantitative estimate of drug-likeness (QED) is 0.816. The van der Waals surface area contributed by atoms with Crippen LogP contribution >= 0.6 is 23.2 Å². The van der Waals surface area contributed by atoms with E-state index in [1.54, 1.807) is 0 Å². The van der Waals surface area contributed by atoms with Crippen LogP contribution in [0.1, 0.15) is 22.8 Å². The van der Waals surface area contributed by atoms with Gasteiger partial charge in [0.1, 0.15) is 6.10 Å². The number of aliphatic hydroxyl groups is 1. The summed E-state index contributed by atoms with van der Waals surface area (Å²) in [5, 5.41) is 10.7. The molecule has 0 fully saturated rings. The van der Waals surface area contributed by atoms with Crippen molar-refractivity contribution in [3.05, 3.63) is 69.2 Å². The van der Waals surface area contributed by atoms with Gasteiger partial charge in [0.25, 0.3) is 0 Å². The highest BCUT2D eigenvalue weighted by molar-refractivity contribution is 6.35. The number of aliphatic hydroxyl groups excluding tert-OH is 1. The maximum absolute atomic E-state index is 12.6. The highest BCUT2D eigenvalue weighted by atomic mass is 35.5. The first-order valence-corrected chi connectivity index (χ1v) is 6.35. The van der Waals surface area contributed by atoms with Crippen molar-refractivity contribution >= 4 is 23.2 Å². The van der Waals surface area contributed by atoms with Crippen LogP contribution in [0.5, 0.6) is 0 Å². The summed E-state index contributed by atoms with van der Waals surface area (Å²) in [4.78, 5) is 0. The van der Waals surface area contributed by atoms with Crippen LogP contribution in [0.25, 0.3) is 0 Å². The van der Waals surface area contributed by atoms with Crippen LogP contribution in [0, 0.1) is 0 Å². The molecule has 2 aromatic rings. The van der Waals surface area contributed by atoms with Gasteiger partial charge in [-0.15, -0.1) is 0 Å². The van der Waals surface area contributed by atoms with Gasteiger partial charge in [-0.1, -0.05) is 41.4 Å². The molecule has 106 valence electrons. The van der Waals surface area contributed by atoms with Crippen molar-refractivity contribution in [2.24, 2.45) is 0 Å². The Morgan fingerprint density at radius 2 is 1.70 bits per heavy atom. The van der Waals surface area contributed by atoms with Crippen molar-refractivity contribution in [2.75, 3.05) is 0 Å². The summed E-state index contributed by atoms with van der Waals surface area (Å²) in [6, 6.07) is 8.91. The van der Waals surface area contributed by atoms with Crippen molar-refractivity contribution in [1.29, 1.82) is 0 Å². The largest absolute Gasteiger partial charge is 0.416 e. The molecule has 2 aromatic carbocycles. The predicted octanol–water partition coefficient (Wildman–Crippen LogP) is 5.09. The lowest BCUT2D eigenvalue weighted by atomic mass is 9.99. The van der Waals surface area contributed by atoms with Gasteiger partial charge in [-0.3, -0.25) is 0 Å². The van der Waals surface area contributed by atoms with Crippen LogP contribution < -0.4 is 0 Å². The molecular formula is C14H9Cl2F3O. The maximum atomic E-state index is 12.6. The first-order chi connectivity index (χ1) is 9.29. The molecule has 1 unspecified atom stereocenters. The Labute approximate surface area is 123 Å². The molecule has 0 aromatic heterocycles. The van der Waals surface area contributed by atoms with Crippen molar-refractivity contribution < 1.29 is 18.3 Å². The minimum Gasteiger partial charge on any atom is -0.384 e. The average Bonchev–Trinajstić information content (AvgIpc) is 2.37. The monoisotopic (exact) mass is 320 g/mol. The van der Waals surface area contributed by atoms with Gasteiger partial charge in [0.2, 0.25) is 0 Å². The first kappa shape index (κ1) is 15.2. The molecule has 0 aliphatic heterocycles. The summed E-state index contributed by atoms with van der Waals surface area (Å²) in [7, 11) is 0. The van der Waals surface area contributed by atoms with E-state index in [1.165, 1.54) is 30.3 Å². The van der Waals surface area contributed by atoms with Crippen molar-refractivity contribution in [3.8, 4) is 0 Å². The standard InChI is InChI=1S/C14H9Cl2F3O/c15-10-4-5-11(12(16)7-10)13(20)8-2-1-3-9(6-8)14(17,18)19/h1-7,13,20H. The molecule has 0 saturated heterocycles. The van der Waals surface area contributed by atoms with Gasteiger partial charge < -0.3 is 5.11 Å². The number of halogens is 5. The van der Waals surface area contributed by atoms with E-state index in [9.17, 15) is 18.3 Å². The van der Waals surface area contributed by atoms with E-state index >= 15 is 0 Å². The molecule has 0 saturated carbocycles. The third kappa shape index (κ3) is 3.26. The fraction of sp³-hybridized carbons (Fsp3) is 0.143. The molecule has 6 heteroatoms. The van der Waals surface area contributed by atoms with E-state index in [-0.39, 0.29) is 10.6 Å². The van der Waals surface area contributed by atoms with Crippen LogP contribution in [-0.2, 0) is 6.18 Å². The summed E-state index contributed by atoms with van der Waals surface area (Å²) >= 11 is 11.7. The molecule has 2 rings (SSSR count). The molecule has 0 spiro atoms. The summed E-state index contributed by atoms with van der Waals surface area (Å²) in [5.41, 5.74) is -0.404. The molecule has 0 amide bonds. The lowest BCUT2D eigenvalue weighted by Gasteiger charge is -2.15. The second kappa shape index (κ2) is 5.64. The topological polar surface area (TPSA) is 20.2 Å². The van der Waals surface area contributed by atoms with E-state index in [0.717, 1.165) is 12.1 Å². The summed E-state index contributed by atoms with van der Waals surface area (Å²) < 4.78 is 37.9. The Balaban J connectivity index is 2.41. The minimum absolute atomic E-state index is 0.115. The highest BCUT2D eigenvalue weighted by Crippen LogP contribution is 2.34. The lowest BCUT2D eigenvalue weighted by Crippen LogP contribution is -2.07. The smallest absolute Gasteiger partial charge is 0.384 e. The number of hydrogen-bond donors (Lipinski definition) is 1. The lowest BCUT2D eigenvalue weighted by molar-refractivity contribution is -0.137. The first-order valence-electron chi connectivity index (χ1n) is 5.59. The average molecular weight is 321 g/mol. The maximum Gasteiger partial charge on any atom is 0.416 e. The van der Waals surface area contributed by atoms with Gasteiger partial charge in [-0.25, -0.2) is 0 Å². The SMILES string of the molecule is OC(c1cccc(C(F)(F)F)c1)c1ccc(Cl)cc1Cl.